The number of allylic oxidation sites excluding steroid dienone is 2. The summed E-state index contributed by atoms with van der Waals surface area (Å²) in [6.45, 7) is 4.77. The number of nitrogens with zero attached hydrogens (tertiary/aromatic N) is 2. The van der Waals surface area contributed by atoms with Crippen LogP contribution in [-0.4, -0.2) is 33.3 Å². The topological polar surface area (TPSA) is 15.7 Å². The number of methoxy groups -OCH3 is 1. The number of anilines is 2. The smallest absolute Gasteiger partial charge is 0.103 e. The first-order valence-corrected chi connectivity index (χ1v) is 13.4. The van der Waals surface area contributed by atoms with E-state index in [0.717, 1.165) is 12.8 Å². The van der Waals surface area contributed by atoms with Crippen molar-refractivity contribution in [1.82, 2.24) is 0 Å². The van der Waals surface area contributed by atoms with E-state index in [1.165, 1.54) is 105 Å². The molecule has 1 atom stereocenters. The highest BCUT2D eigenvalue weighted by Gasteiger charge is 2.20. The molecule has 0 radical (unpaired) electrons. The van der Waals surface area contributed by atoms with Gasteiger partial charge in [0.2, 0.25) is 0 Å². The molecule has 2 fully saturated rings. The zero-order chi connectivity index (χ0) is 23.2. The molecule has 0 amide bonds. The summed E-state index contributed by atoms with van der Waals surface area (Å²) in [6.07, 6.45) is 16.3. The van der Waals surface area contributed by atoms with Gasteiger partial charge in [-0.3, -0.25) is 0 Å². The molecule has 1 aliphatic carbocycles. The molecule has 1 unspecified atom stereocenters. The summed E-state index contributed by atoms with van der Waals surface area (Å²) in [5, 5.41) is 0. The predicted molar refractivity (Wildman–Crippen MR) is 145 cm³/mol. The second-order valence-electron chi connectivity index (χ2n) is 10.2. The highest BCUT2D eigenvalue weighted by atomic mass is 16.5. The lowest BCUT2D eigenvalue weighted by molar-refractivity contribution is 0.129. The van der Waals surface area contributed by atoms with E-state index in [2.05, 4.69) is 70.5 Å². The second kappa shape index (κ2) is 11.3. The average molecular weight is 457 g/mol. The summed E-state index contributed by atoms with van der Waals surface area (Å²) < 4.78 is 6.03. The van der Waals surface area contributed by atoms with E-state index in [0.29, 0.717) is 0 Å². The van der Waals surface area contributed by atoms with Crippen LogP contribution in [0.1, 0.15) is 75.0 Å². The Morgan fingerprint density at radius 3 is 1.79 bits per heavy atom. The molecule has 0 bridgehead atoms. The normalized spacial score (nSPS) is 21.4. The third kappa shape index (κ3) is 5.58. The highest BCUT2D eigenvalue weighted by Crippen LogP contribution is 2.35. The van der Waals surface area contributed by atoms with Crippen LogP contribution in [-0.2, 0) is 4.74 Å². The summed E-state index contributed by atoms with van der Waals surface area (Å²) in [5.74, 6) is 0. The van der Waals surface area contributed by atoms with Gasteiger partial charge in [-0.15, -0.1) is 0 Å². The van der Waals surface area contributed by atoms with Crippen molar-refractivity contribution >= 4 is 17.5 Å². The van der Waals surface area contributed by atoms with Crippen molar-refractivity contribution in [2.75, 3.05) is 43.1 Å². The third-order valence-corrected chi connectivity index (χ3v) is 7.76. The summed E-state index contributed by atoms with van der Waals surface area (Å²) >= 11 is 0. The summed E-state index contributed by atoms with van der Waals surface area (Å²) in [6, 6.07) is 18.3. The van der Waals surface area contributed by atoms with Gasteiger partial charge in [-0.2, -0.15) is 0 Å². The Kier molecular flexibility index (Phi) is 7.70. The molecule has 0 aromatic heterocycles. The third-order valence-electron chi connectivity index (χ3n) is 7.76. The quantitative estimate of drug-likeness (QED) is 0.446. The molecule has 2 aromatic carbocycles. The van der Waals surface area contributed by atoms with Gasteiger partial charge in [-0.05, 0) is 104 Å². The molecule has 3 heteroatoms. The van der Waals surface area contributed by atoms with Crippen LogP contribution in [0.2, 0.25) is 0 Å². The fourth-order valence-electron chi connectivity index (χ4n) is 5.86. The molecule has 0 saturated carbocycles. The standard InChI is InChI=1S/C31H40N2O/c1-34-31(27-13-17-30(18-14-27)33-21-6-3-7-22-33)28-10-8-9-26(24-28)23-25-11-15-29(16-12-25)32-19-4-2-5-20-32/h11-18,23-24,31H,2-10,19-22H2,1H3. The molecular weight excluding hydrogens is 416 g/mol. The number of hydrogen-bond donors (Lipinski definition) is 0. The van der Waals surface area contributed by atoms with Crippen LogP contribution in [0.4, 0.5) is 11.4 Å². The summed E-state index contributed by atoms with van der Waals surface area (Å²) in [4.78, 5) is 5.05. The molecule has 2 aliphatic heterocycles. The van der Waals surface area contributed by atoms with Crippen LogP contribution in [0.3, 0.4) is 0 Å². The van der Waals surface area contributed by atoms with Gasteiger partial charge in [0.05, 0.1) is 0 Å². The Bertz CT molecular complexity index is 977. The highest BCUT2D eigenvalue weighted by molar-refractivity contribution is 5.61. The Hall–Kier alpha value is -2.52. The minimum absolute atomic E-state index is 0.0422. The van der Waals surface area contributed by atoms with E-state index in [4.69, 9.17) is 4.74 Å². The van der Waals surface area contributed by atoms with Crippen molar-refractivity contribution in [1.29, 1.82) is 0 Å². The van der Waals surface area contributed by atoms with Gasteiger partial charge < -0.3 is 14.5 Å². The molecule has 0 spiro atoms. The van der Waals surface area contributed by atoms with E-state index in [1.807, 2.05) is 7.11 Å². The lowest BCUT2D eigenvalue weighted by Crippen LogP contribution is -2.29. The van der Waals surface area contributed by atoms with Crippen LogP contribution < -0.4 is 9.80 Å². The predicted octanol–water partition coefficient (Wildman–Crippen LogP) is 7.55. The lowest BCUT2D eigenvalue weighted by atomic mass is 9.88. The number of rotatable bonds is 6. The maximum absolute atomic E-state index is 6.03. The van der Waals surface area contributed by atoms with Crippen LogP contribution in [0.5, 0.6) is 0 Å². The molecule has 34 heavy (non-hydrogen) atoms. The number of benzene rings is 2. The minimum Gasteiger partial charge on any atom is -0.372 e. The first-order chi connectivity index (χ1) is 16.8. The van der Waals surface area contributed by atoms with Gasteiger partial charge in [0.25, 0.3) is 0 Å². The van der Waals surface area contributed by atoms with Gasteiger partial charge in [0, 0.05) is 44.7 Å². The van der Waals surface area contributed by atoms with E-state index in [1.54, 1.807) is 0 Å². The van der Waals surface area contributed by atoms with Crippen LogP contribution in [0, 0.1) is 0 Å². The van der Waals surface area contributed by atoms with Crippen molar-refractivity contribution < 1.29 is 4.74 Å². The van der Waals surface area contributed by atoms with Crippen LogP contribution in [0.25, 0.3) is 6.08 Å². The van der Waals surface area contributed by atoms with Crippen molar-refractivity contribution in [3.63, 3.8) is 0 Å². The average Bonchev–Trinajstić information content (AvgIpc) is 2.91. The first kappa shape index (κ1) is 23.2. The SMILES string of the molecule is COC(C1=CC(=Cc2ccc(N3CCCCC3)cc2)CCC1)c1ccc(N2CCCCC2)cc1. The fourth-order valence-corrected chi connectivity index (χ4v) is 5.86. The van der Waals surface area contributed by atoms with Crippen molar-refractivity contribution in [3.8, 4) is 0 Å². The Morgan fingerprint density at radius 2 is 1.24 bits per heavy atom. The molecule has 2 saturated heterocycles. The molecular formula is C31H40N2O. The fraction of sp³-hybridized carbons (Fsp3) is 0.484. The largest absolute Gasteiger partial charge is 0.372 e. The lowest BCUT2D eigenvalue weighted by Gasteiger charge is -2.29. The van der Waals surface area contributed by atoms with Gasteiger partial charge in [0.15, 0.2) is 0 Å². The molecule has 2 heterocycles. The summed E-state index contributed by atoms with van der Waals surface area (Å²) in [7, 11) is 1.85. The number of hydrogen-bond acceptors (Lipinski definition) is 3. The zero-order valence-electron chi connectivity index (χ0n) is 20.8. The molecule has 180 valence electrons. The van der Waals surface area contributed by atoms with Gasteiger partial charge in [-0.25, -0.2) is 0 Å². The van der Waals surface area contributed by atoms with Crippen LogP contribution >= 0.6 is 0 Å². The monoisotopic (exact) mass is 456 g/mol. The number of piperidine rings is 2. The van der Waals surface area contributed by atoms with Gasteiger partial charge in [-0.1, -0.05) is 36.4 Å². The molecule has 3 aliphatic rings. The van der Waals surface area contributed by atoms with E-state index in [9.17, 15) is 0 Å². The van der Waals surface area contributed by atoms with Crippen molar-refractivity contribution in [3.05, 3.63) is 76.9 Å². The van der Waals surface area contributed by atoms with Gasteiger partial charge >= 0.3 is 0 Å². The molecule has 5 rings (SSSR count). The van der Waals surface area contributed by atoms with E-state index < -0.39 is 0 Å². The Morgan fingerprint density at radius 1 is 0.676 bits per heavy atom. The maximum atomic E-state index is 6.03. The Labute approximate surface area is 206 Å². The summed E-state index contributed by atoms with van der Waals surface area (Å²) in [5.41, 5.74) is 8.10. The Balaban J connectivity index is 1.29. The molecule has 2 aromatic rings. The van der Waals surface area contributed by atoms with Crippen molar-refractivity contribution in [2.45, 2.75) is 63.9 Å². The first-order valence-electron chi connectivity index (χ1n) is 13.4. The molecule has 3 nitrogen and oxygen atoms in total. The zero-order valence-corrected chi connectivity index (χ0v) is 20.8. The van der Waals surface area contributed by atoms with E-state index >= 15 is 0 Å². The second-order valence-corrected chi connectivity index (χ2v) is 10.2. The molecule has 0 N–H and O–H groups in total. The van der Waals surface area contributed by atoms with Crippen LogP contribution in [0.15, 0.2) is 65.8 Å². The van der Waals surface area contributed by atoms with E-state index in [-0.39, 0.29) is 6.10 Å². The van der Waals surface area contributed by atoms with Crippen molar-refractivity contribution in [2.24, 2.45) is 0 Å². The van der Waals surface area contributed by atoms with Gasteiger partial charge in [0.1, 0.15) is 6.10 Å². The maximum Gasteiger partial charge on any atom is 0.103 e. The number of ether oxygens (including phenoxy) is 1. The minimum atomic E-state index is 0.0422.